The zero-order valence-electron chi connectivity index (χ0n) is 40.4. The van der Waals surface area contributed by atoms with Gasteiger partial charge in [-0.15, -0.1) is 15.3 Å². The van der Waals surface area contributed by atoms with Crippen molar-refractivity contribution in [3.05, 3.63) is 95.8 Å². The largest absolute Gasteiger partial charge is 0.507 e. The summed E-state index contributed by atoms with van der Waals surface area (Å²) >= 11 is 0. The molecule has 2 unspecified atom stereocenters. The average Bonchev–Trinajstić information content (AvgIpc) is 3.95. The Morgan fingerprint density at radius 1 is 0.819 bits per heavy atom. The highest BCUT2D eigenvalue weighted by atomic mass is 16.5. The number of ether oxygens (including phenoxy) is 2. The fourth-order valence-corrected chi connectivity index (χ4v) is 9.81. The number of piperidine rings is 2. The highest BCUT2D eigenvalue weighted by Gasteiger charge is 2.45. The third-order valence-electron chi connectivity index (χ3n) is 13.8. The van der Waals surface area contributed by atoms with Crippen molar-refractivity contribution < 1.29 is 38.6 Å². The smallest absolute Gasteiger partial charge is 0.264 e. The zero-order chi connectivity index (χ0) is 50.0. The molecule has 20 nitrogen and oxygen atoms in total. The Hall–Kier alpha value is -7.61. The molecule has 72 heavy (non-hydrogen) atoms. The van der Waals surface area contributed by atoms with Crippen LogP contribution in [0, 0.1) is 0 Å². The molecule has 3 aromatic carbocycles. The maximum Gasteiger partial charge on any atom is 0.264 e. The molecule has 20 heteroatoms. The summed E-state index contributed by atoms with van der Waals surface area (Å²) < 4.78 is 14.3. The van der Waals surface area contributed by atoms with Gasteiger partial charge in [-0.05, 0) is 80.6 Å². The number of phenolic OH excluding ortho intramolecular Hbond substituents is 1. The molecule has 4 aliphatic rings. The highest BCUT2D eigenvalue weighted by Crippen LogP contribution is 2.34. The summed E-state index contributed by atoms with van der Waals surface area (Å²) in [6.07, 6.45) is 10.4. The molecule has 6 heterocycles. The molecule has 5 aromatic rings. The summed E-state index contributed by atoms with van der Waals surface area (Å²) in [5.41, 5.74) is 9.86. The Labute approximate surface area is 417 Å². The first kappa shape index (κ1) is 49.4. The van der Waals surface area contributed by atoms with E-state index in [-0.39, 0.29) is 54.1 Å². The van der Waals surface area contributed by atoms with E-state index in [1.165, 1.54) is 0 Å². The number of amides is 5. The van der Waals surface area contributed by atoms with E-state index in [0.29, 0.717) is 48.0 Å². The molecule has 0 spiro atoms. The lowest BCUT2D eigenvalue weighted by atomic mass is 10.0. The Morgan fingerprint density at radius 2 is 1.60 bits per heavy atom. The predicted octanol–water partition coefficient (Wildman–Crippen LogP) is 5.04. The van der Waals surface area contributed by atoms with Crippen molar-refractivity contribution in [1.82, 2.24) is 45.2 Å². The van der Waals surface area contributed by atoms with E-state index < -0.39 is 29.7 Å². The number of nitrogen functional groups attached to an aromatic ring is 1. The van der Waals surface area contributed by atoms with Crippen LogP contribution in [0.4, 0.5) is 17.2 Å². The molecule has 2 atom stereocenters. The number of nitrogens with one attached hydrogen (secondary N) is 2. The zero-order valence-corrected chi connectivity index (χ0v) is 40.4. The van der Waals surface area contributed by atoms with Crippen molar-refractivity contribution in [2.75, 3.05) is 68.4 Å². The number of phenols is 1. The first-order valence-corrected chi connectivity index (χ1v) is 25.1. The lowest BCUT2D eigenvalue weighted by Crippen LogP contribution is -2.54. The molecule has 0 radical (unpaired) electrons. The fourth-order valence-electron chi connectivity index (χ4n) is 9.81. The number of anilines is 3. The van der Waals surface area contributed by atoms with E-state index in [2.05, 4.69) is 53.1 Å². The van der Waals surface area contributed by atoms with E-state index in [4.69, 9.17) is 15.2 Å². The molecule has 3 fully saturated rings. The number of nitrogens with two attached hydrogens (primary N) is 1. The van der Waals surface area contributed by atoms with Crippen LogP contribution in [0.2, 0.25) is 0 Å². The van der Waals surface area contributed by atoms with E-state index in [1.807, 2.05) is 29.3 Å². The van der Waals surface area contributed by atoms with Gasteiger partial charge in [0.2, 0.25) is 17.7 Å². The van der Waals surface area contributed by atoms with Gasteiger partial charge in [0.25, 0.3) is 11.8 Å². The molecule has 4 aliphatic heterocycles. The number of imide groups is 2. The van der Waals surface area contributed by atoms with E-state index >= 15 is 0 Å². The molecule has 2 aromatic heterocycles. The van der Waals surface area contributed by atoms with Crippen LogP contribution in [0.3, 0.4) is 0 Å². The first-order chi connectivity index (χ1) is 35.1. The van der Waals surface area contributed by atoms with Crippen LogP contribution >= 0.6 is 0 Å². The Morgan fingerprint density at radius 3 is 2.40 bits per heavy atom. The lowest BCUT2D eigenvalue weighted by Gasteiger charge is -2.35. The van der Waals surface area contributed by atoms with E-state index in [1.54, 1.807) is 47.1 Å². The van der Waals surface area contributed by atoms with E-state index in [0.717, 1.165) is 114 Å². The van der Waals surface area contributed by atoms with Crippen molar-refractivity contribution in [3.8, 4) is 28.5 Å². The maximum atomic E-state index is 13.4. The summed E-state index contributed by atoms with van der Waals surface area (Å²) in [4.78, 5) is 71.2. The van der Waals surface area contributed by atoms with Crippen LogP contribution in [0.5, 0.6) is 17.2 Å². The van der Waals surface area contributed by atoms with Gasteiger partial charge in [0.15, 0.2) is 11.6 Å². The monoisotopic (exact) mass is 982 g/mol. The molecular formula is C52H62N12O8. The molecular weight excluding hydrogens is 921 g/mol. The highest BCUT2D eigenvalue weighted by molar-refractivity contribution is 6.25. The second kappa shape index (κ2) is 23.1. The number of aromatic nitrogens is 5. The van der Waals surface area contributed by atoms with Crippen molar-refractivity contribution in [2.24, 2.45) is 0 Å². The molecule has 378 valence electrons. The van der Waals surface area contributed by atoms with Gasteiger partial charge in [-0.2, -0.15) is 0 Å². The van der Waals surface area contributed by atoms with Gasteiger partial charge in [-0.1, -0.05) is 49.1 Å². The third kappa shape index (κ3) is 11.9. The molecule has 3 saturated heterocycles. The maximum absolute atomic E-state index is 13.4. The minimum Gasteiger partial charge on any atom is -0.507 e. The number of para-hydroxylation sites is 1. The molecule has 5 N–H and O–H groups in total. The number of hydrogen-bond acceptors (Lipinski definition) is 16. The van der Waals surface area contributed by atoms with Crippen LogP contribution in [0.15, 0.2) is 79.0 Å². The summed E-state index contributed by atoms with van der Waals surface area (Å²) in [5.74, 6) is -0.347. The predicted molar refractivity (Wildman–Crippen MR) is 267 cm³/mol. The van der Waals surface area contributed by atoms with Crippen molar-refractivity contribution >= 4 is 46.7 Å². The van der Waals surface area contributed by atoms with Gasteiger partial charge in [0.05, 0.1) is 30.4 Å². The summed E-state index contributed by atoms with van der Waals surface area (Å²) in [7, 11) is 0. The topological polar surface area (TPSA) is 244 Å². The number of aromatic hydroxyl groups is 1. The summed E-state index contributed by atoms with van der Waals surface area (Å²) in [6.45, 7) is 7.10. The van der Waals surface area contributed by atoms with Crippen molar-refractivity contribution in [1.29, 1.82) is 0 Å². The van der Waals surface area contributed by atoms with Crippen LogP contribution in [0.25, 0.3) is 11.3 Å². The number of fused-ring (bicyclic) bond motifs is 1. The van der Waals surface area contributed by atoms with E-state index in [9.17, 15) is 29.1 Å². The number of rotatable bonds is 21. The number of unbranched alkanes of at least 4 members (excludes halogenated alkanes) is 5. The molecule has 0 saturated carbocycles. The van der Waals surface area contributed by atoms with Crippen LogP contribution in [-0.4, -0.2) is 139 Å². The van der Waals surface area contributed by atoms with Crippen molar-refractivity contribution in [2.45, 2.75) is 95.9 Å². The minimum atomic E-state index is -1.03. The van der Waals surface area contributed by atoms with Crippen LogP contribution in [-0.2, 0) is 27.5 Å². The summed E-state index contributed by atoms with van der Waals surface area (Å²) in [6, 6.07) is 20.8. The Kier molecular flexibility index (Phi) is 15.8. The summed E-state index contributed by atoms with van der Waals surface area (Å²) in [5, 5.41) is 32.5. The fraction of sp³-hybridized carbons (Fsp3) is 0.442. The Balaban J connectivity index is 0.607. The van der Waals surface area contributed by atoms with Gasteiger partial charge in [0.1, 0.15) is 41.6 Å². The molecule has 0 aliphatic carbocycles. The molecule has 5 amide bonds. The standard InChI is InChI=1S/C52H62N12O8/c53-49-45(31-42(57-58-49)39-12-6-7-15-44(39)65)72-38-11-10-23-62(34-38)36-17-19-37(20-18-36)71-30-29-60-25-27-61(28-26-60)47(67)16-5-3-1-2-4-8-24-63-33-35(56-59-63)32-54-41-14-9-13-40-48(41)52(70)64(51(40)69)43-21-22-46(66)55-50(43)68/h6-7,9,12-15,17-20,31,33,38,43,54,65H,1-5,8,10-11,16,21-30,32,34H2,(H2,53,58)(H,55,66,68). The quantitative estimate of drug-likeness (QED) is 0.0556. The van der Waals surface area contributed by atoms with Gasteiger partial charge in [-0.3, -0.25) is 43.8 Å². The number of piperazine rings is 1. The van der Waals surface area contributed by atoms with Gasteiger partial charge < -0.3 is 35.4 Å². The third-order valence-corrected chi connectivity index (χ3v) is 13.8. The number of nitrogens with zero attached hydrogens (tertiary/aromatic N) is 9. The molecule has 0 bridgehead atoms. The van der Waals surface area contributed by atoms with Crippen molar-refractivity contribution in [3.63, 3.8) is 0 Å². The number of aryl methyl sites for hydroxylation is 1. The number of carbonyl (C=O) groups is 5. The lowest BCUT2D eigenvalue weighted by molar-refractivity contribution is -0.136. The first-order valence-electron chi connectivity index (χ1n) is 25.1. The minimum absolute atomic E-state index is 0.0592. The average molecular weight is 983 g/mol. The SMILES string of the molecule is Nc1nnc(-c2ccccc2O)cc1OC1CCCN(c2ccc(OCCN3CCN(C(=O)CCCCCCCCn4cc(CNc5cccc6c5C(=O)N(C5CCC(=O)NC5=O)C6=O)nn4)CC3)cc2)C1. The second-order valence-electron chi connectivity index (χ2n) is 18.8. The number of carbonyl (C=O) groups excluding carboxylic acids is 5. The number of benzene rings is 3. The molecule has 9 rings (SSSR count). The van der Waals surface area contributed by atoms with Gasteiger partial charge in [0, 0.05) is 81.7 Å². The normalized spacial score (nSPS) is 18.3. The number of hydrogen-bond donors (Lipinski definition) is 4. The van der Waals surface area contributed by atoms with Gasteiger partial charge >= 0.3 is 0 Å². The van der Waals surface area contributed by atoms with Gasteiger partial charge in [-0.25, -0.2) is 0 Å². The van der Waals surface area contributed by atoms with Crippen LogP contribution in [0.1, 0.15) is 97.0 Å². The van der Waals surface area contributed by atoms with Crippen LogP contribution < -0.4 is 30.7 Å². The Bertz CT molecular complexity index is 2740. The second-order valence-corrected chi connectivity index (χ2v) is 18.8.